The molecule has 2 amide bonds. The number of carbonyl (C=O) groups excluding carboxylic acids is 2. The van der Waals surface area contributed by atoms with Gasteiger partial charge in [0.1, 0.15) is 5.70 Å². The second kappa shape index (κ2) is 8.71. The zero-order valence-corrected chi connectivity index (χ0v) is 16.0. The van der Waals surface area contributed by atoms with Gasteiger partial charge in [0, 0.05) is 18.7 Å². The average molecular weight is 386 g/mol. The first-order valence-electron chi connectivity index (χ1n) is 9.65. The van der Waals surface area contributed by atoms with Crippen molar-refractivity contribution >= 4 is 28.7 Å². The Hall–Kier alpha value is -3.44. The van der Waals surface area contributed by atoms with Gasteiger partial charge in [-0.25, -0.2) is 0 Å². The Morgan fingerprint density at radius 1 is 0.862 bits per heavy atom. The third-order valence-electron chi connectivity index (χ3n) is 4.94. The van der Waals surface area contributed by atoms with Crippen LogP contribution in [0.15, 0.2) is 78.5 Å². The minimum atomic E-state index is -0.307. The lowest BCUT2D eigenvalue weighted by molar-refractivity contribution is -0.131. The molecule has 3 aromatic rings. The molecule has 1 aliphatic heterocycles. The predicted molar refractivity (Wildman–Crippen MR) is 113 cm³/mol. The van der Waals surface area contributed by atoms with Gasteiger partial charge in [-0.05, 0) is 34.5 Å². The number of fused-ring (bicyclic) bond motifs is 1. The summed E-state index contributed by atoms with van der Waals surface area (Å²) in [6.45, 7) is 2.01. The third kappa shape index (κ3) is 4.36. The normalized spacial score (nSPS) is 14.6. The molecule has 0 unspecified atom stereocenters. The van der Waals surface area contributed by atoms with E-state index in [-0.39, 0.29) is 17.5 Å². The molecule has 1 fully saturated rings. The van der Waals surface area contributed by atoms with Crippen LogP contribution in [0.3, 0.4) is 0 Å². The van der Waals surface area contributed by atoms with Crippen molar-refractivity contribution in [3.8, 4) is 0 Å². The van der Waals surface area contributed by atoms with Gasteiger partial charge in [0.2, 0.25) is 0 Å². The van der Waals surface area contributed by atoms with Crippen LogP contribution in [0.4, 0.5) is 0 Å². The molecule has 146 valence electrons. The van der Waals surface area contributed by atoms with E-state index >= 15 is 0 Å². The van der Waals surface area contributed by atoms with Crippen molar-refractivity contribution in [1.29, 1.82) is 0 Å². The van der Waals surface area contributed by atoms with Crippen molar-refractivity contribution in [3.63, 3.8) is 0 Å². The minimum absolute atomic E-state index is 0.203. The first-order chi connectivity index (χ1) is 14.2. The summed E-state index contributed by atoms with van der Waals surface area (Å²) in [5, 5.41) is 4.94. The van der Waals surface area contributed by atoms with Crippen LogP contribution in [0, 0.1) is 0 Å². The molecule has 5 nitrogen and oxygen atoms in total. The van der Waals surface area contributed by atoms with Crippen LogP contribution in [0.2, 0.25) is 0 Å². The van der Waals surface area contributed by atoms with Gasteiger partial charge in [-0.3, -0.25) is 9.59 Å². The molecule has 0 aromatic heterocycles. The number of amides is 2. The first kappa shape index (κ1) is 18.9. The monoisotopic (exact) mass is 386 g/mol. The minimum Gasteiger partial charge on any atom is -0.378 e. The van der Waals surface area contributed by atoms with E-state index in [0.717, 1.165) is 16.3 Å². The highest BCUT2D eigenvalue weighted by Crippen LogP contribution is 2.21. The molecule has 3 aromatic carbocycles. The van der Waals surface area contributed by atoms with Gasteiger partial charge in [0.15, 0.2) is 0 Å². The molecule has 0 saturated carbocycles. The Morgan fingerprint density at radius 2 is 1.55 bits per heavy atom. The Balaban J connectivity index is 1.71. The highest BCUT2D eigenvalue weighted by molar-refractivity contribution is 6.06. The van der Waals surface area contributed by atoms with Gasteiger partial charge < -0.3 is 15.0 Å². The van der Waals surface area contributed by atoms with Gasteiger partial charge >= 0.3 is 0 Å². The average Bonchev–Trinajstić information content (AvgIpc) is 2.79. The van der Waals surface area contributed by atoms with Gasteiger partial charge in [-0.2, -0.15) is 0 Å². The lowest BCUT2D eigenvalue weighted by Crippen LogP contribution is -2.44. The van der Waals surface area contributed by atoms with E-state index < -0.39 is 0 Å². The Labute approximate surface area is 169 Å². The Morgan fingerprint density at radius 3 is 2.34 bits per heavy atom. The number of nitrogens with one attached hydrogen (secondary N) is 1. The number of nitrogens with zero attached hydrogens (tertiary/aromatic N) is 1. The zero-order valence-electron chi connectivity index (χ0n) is 16.0. The summed E-state index contributed by atoms with van der Waals surface area (Å²) in [7, 11) is 0. The Kier molecular flexibility index (Phi) is 5.68. The second-order valence-electron chi connectivity index (χ2n) is 6.85. The number of morpholine rings is 1. The highest BCUT2D eigenvalue weighted by atomic mass is 16.5. The quantitative estimate of drug-likeness (QED) is 0.699. The zero-order chi connectivity index (χ0) is 20.1. The molecule has 5 heteroatoms. The van der Waals surface area contributed by atoms with Crippen LogP contribution in [-0.2, 0) is 9.53 Å². The number of hydrogen-bond donors (Lipinski definition) is 1. The molecule has 0 spiro atoms. The molecule has 1 aliphatic rings. The molecule has 0 bridgehead atoms. The number of rotatable bonds is 4. The van der Waals surface area contributed by atoms with E-state index in [9.17, 15) is 9.59 Å². The van der Waals surface area contributed by atoms with Crippen molar-refractivity contribution in [2.24, 2.45) is 0 Å². The van der Waals surface area contributed by atoms with E-state index in [0.29, 0.717) is 31.9 Å². The fraction of sp³-hybridized carbons (Fsp3) is 0.167. The molecule has 29 heavy (non-hydrogen) atoms. The second-order valence-corrected chi connectivity index (χ2v) is 6.85. The number of carbonyl (C=O) groups is 2. The maximum Gasteiger partial charge on any atom is 0.270 e. The molecular weight excluding hydrogens is 364 g/mol. The summed E-state index contributed by atoms with van der Waals surface area (Å²) in [5.41, 5.74) is 1.65. The standard InChI is InChI=1S/C24H22N2O3/c27-23(19-8-2-1-3-9-19)25-22(24(28)26-13-15-29-16-14-26)17-20-11-6-10-18-7-4-5-12-21(18)20/h1-12,17H,13-16H2,(H,25,27)/b22-17+. The van der Waals surface area contributed by atoms with E-state index in [1.807, 2.05) is 48.5 Å². The van der Waals surface area contributed by atoms with Gasteiger partial charge in [0.05, 0.1) is 13.2 Å². The fourth-order valence-corrected chi connectivity index (χ4v) is 3.40. The largest absolute Gasteiger partial charge is 0.378 e. The molecule has 1 saturated heterocycles. The maximum absolute atomic E-state index is 13.2. The van der Waals surface area contributed by atoms with Crippen LogP contribution in [0.25, 0.3) is 16.8 Å². The summed E-state index contributed by atoms with van der Waals surface area (Å²) in [4.78, 5) is 27.7. The van der Waals surface area contributed by atoms with Crippen LogP contribution < -0.4 is 5.32 Å². The number of hydrogen-bond acceptors (Lipinski definition) is 3. The summed E-state index contributed by atoms with van der Waals surface area (Å²) in [6.07, 6.45) is 1.76. The summed E-state index contributed by atoms with van der Waals surface area (Å²) in [5.74, 6) is -0.510. The molecule has 0 aliphatic carbocycles. The van der Waals surface area contributed by atoms with E-state index in [1.165, 1.54) is 0 Å². The van der Waals surface area contributed by atoms with Gasteiger partial charge in [0.25, 0.3) is 11.8 Å². The Bertz CT molecular complexity index is 1050. The van der Waals surface area contributed by atoms with E-state index in [2.05, 4.69) is 5.32 Å². The SMILES string of the molecule is O=C(N/C(=C/c1cccc2ccccc12)C(=O)N1CCOCC1)c1ccccc1. The van der Waals surface area contributed by atoms with Crippen LogP contribution in [-0.4, -0.2) is 43.0 Å². The van der Waals surface area contributed by atoms with Gasteiger partial charge in [-0.15, -0.1) is 0 Å². The fourth-order valence-electron chi connectivity index (χ4n) is 3.40. The van der Waals surface area contributed by atoms with Crippen molar-refractivity contribution < 1.29 is 14.3 Å². The molecule has 0 radical (unpaired) electrons. The highest BCUT2D eigenvalue weighted by Gasteiger charge is 2.22. The van der Waals surface area contributed by atoms with Crippen molar-refractivity contribution in [2.45, 2.75) is 0 Å². The first-order valence-corrected chi connectivity index (χ1v) is 9.65. The number of benzene rings is 3. The smallest absolute Gasteiger partial charge is 0.270 e. The van der Waals surface area contributed by atoms with Gasteiger partial charge in [-0.1, -0.05) is 60.7 Å². The molecule has 1 N–H and O–H groups in total. The molecule has 0 atom stereocenters. The van der Waals surface area contributed by atoms with Crippen molar-refractivity contribution in [1.82, 2.24) is 10.2 Å². The predicted octanol–water partition coefficient (Wildman–Crippen LogP) is 3.47. The van der Waals surface area contributed by atoms with Crippen LogP contribution in [0.5, 0.6) is 0 Å². The van der Waals surface area contributed by atoms with Crippen LogP contribution >= 0.6 is 0 Å². The number of ether oxygens (including phenoxy) is 1. The molecule has 1 heterocycles. The lowest BCUT2D eigenvalue weighted by Gasteiger charge is -2.28. The molecular formula is C24H22N2O3. The van der Waals surface area contributed by atoms with E-state index in [4.69, 9.17) is 4.74 Å². The third-order valence-corrected chi connectivity index (χ3v) is 4.94. The molecule has 4 rings (SSSR count). The maximum atomic E-state index is 13.2. The summed E-state index contributed by atoms with van der Waals surface area (Å²) in [6, 6.07) is 22.8. The summed E-state index contributed by atoms with van der Waals surface area (Å²) >= 11 is 0. The lowest BCUT2D eigenvalue weighted by atomic mass is 10.0. The topological polar surface area (TPSA) is 58.6 Å². The van der Waals surface area contributed by atoms with Crippen molar-refractivity contribution in [3.05, 3.63) is 89.6 Å². The van der Waals surface area contributed by atoms with Crippen molar-refractivity contribution in [2.75, 3.05) is 26.3 Å². The summed E-state index contributed by atoms with van der Waals surface area (Å²) < 4.78 is 5.36. The van der Waals surface area contributed by atoms with Crippen LogP contribution in [0.1, 0.15) is 15.9 Å². The van der Waals surface area contributed by atoms with E-state index in [1.54, 1.807) is 35.2 Å².